The molecule has 0 unspecified atom stereocenters. The lowest BCUT2D eigenvalue weighted by molar-refractivity contribution is -0.385. The van der Waals surface area contributed by atoms with Crippen molar-refractivity contribution in [3.8, 4) is 5.75 Å². The van der Waals surface area contributed by atoms with Gasteiger partial charge in [0.1, 0.15) is 11.4 Å². The molecule has 3 aromatic carbocycles. The molecule has 9 nitrogen and oxygen atoms in total. The predicted molar refractivity (Wildman–Crippen MR) is 133 cm³/mol. The van der Waals surface area contributed by atoms with Crippen molar-refractivity contribution >= 4 is 34.2 Å². The number of thioether (sulfide) groups is 1. The molecule has 35 heavy (non-hydrogen) atoms. The molecule has 2 aliphatic heterocycles. The van der Waals surface area contributed by atoms with Gasteiger partial charge in [0, 0.05) is 28.7 Å². The normalized spacial score (nSPS) is 16.4. The van der Waals surface area contributed by atoms with E-state index in [1.807, 2.05) is 55.5 Å². The molecule has 1 N–H and O–H groups in total. The first-order chi connectivity index (χ1) is 17.0. The Morgan fingerprint density at radius 1 is 1.11 bits per heavy atom. The van der Waals surface area contributed by atoms with E-state index in [0.29, 0.717) is 45.1 Å². The first-order valence-electron chi connectivity index (χ1n) is 11.0. The van der Waals surface area contributed by atoms with Crippen molar-refractivity contribution in [2.24, 2.45) is 10.1 Å². The first-order valence-corrected chi connectivity index (χ1v) is 12.0. The van der Waals surface area contributed by atoms with Gasteiger partial charge in [-0.15, -0.1) is 5.10 Å². The summed E-state index contributed by atoms with van der Waals surface area (Å²) in [4.78, 5) is 29.2. The van der Waals surface area contributed by atoms with E-state index in [2.05, 4.69) is 5.32 Å². The molecule has 5 rings (SSSR count). The molecule has 2 heterocycles. The summed E-state index contributed by atoms with van der Waals surface area (Å²) in [5.74, 6) is 0.749. The number of carbonyl (C=O) groups excluding carboxylic acids is 1. The van der Waals surface area contributed by atoms with Gasteiger partial charge in [-0.05, 0) is 24.6 Å². The molecule has 0 radical (unpaired) electrons. The van der Waals surface area contributed by atoms with Crippen LogP contribution in [-0.2, 0) is 10.5 Å². The average molecular weight is 488 g/mol. The summed E-state index contributed by atoms with van der Waals surface area (Å²) < 4.78 is 5.78. The fraction of sp³-hybridized carbons (Fsp3) is 0.160. The van der Waals surface area contributed by atoms with E-state index in [1.165, 1.54) is 28.9 Å². The number of hydrazone groups is 1. The molecule has 0 saturated carbocycles. The van der Waals surface area contributed by atoms with Gasteiger partial charge in [-0.1, -0.05) is 60.3 Å². The van der Waals surface area contributed by atoms with Crippen LogP contribution in [0.5, 0.6) is 5.75 Å². The van der Waals surface area contributed by atoms with Crippen LogP contribution >= 0.6 is 11.8 Å². The second kappa shape index (κ2) is 9.59. The second-order valence-electron chi connectivity index (χ2n) is 7.76. The molecular weight excluding hydrogens is 466 g/mol. The third-order valence-corrected chi connectivity index (χ3v) is 6.45. The highest BCUT2D eigenvalue weighted by Gasteiger charge is 2.36. The molecule has 1 atom stereocenters. The van der Waals surface area contributed by atoms with Gasteiger partial charge in [0.2, 0.25) is 0 Å². The molecule has 2 aliphatic rings. The van der Waals surface area contributed by atoms with Gasteiger partial charge >= 0.3 is 0 Å². The quantitative estimate of drug-likeness (QED) is 0.423. The van der Waals surface area contributed by atoms with Crippen molar-refractivity contribution in [2.75, 3.05) is 6.61 Å². The maximum atomic E-state index is 13.3. The minimum Gasteiger partial charge on any atom is -0.493 e. The lowest BCUT2D eigenvalue weighted by atomic mass is 10.1. The fourth-order valence-electron chi connectivity index (χ4n) is 3.96. The van der Waals surface area contributed by atoms with E-state index in [9.17, 15) is 14.9 Å². The number of non-ortho nitro benzene ring substituents is 1. The number of para-hydroxylation sites is 1. The molecule has 0 aliphatic carbocycles. The van der Waals surface area contributed by atoms with Crippen molar-refractivity contribution in [3.05, 3.63) is 105 Å². The molecule has 3 aromatic rings. The third-order valence-electron chi connectivity index (χ3n) is 5.52. The zero-order valence-corrected chi connectivity index (χ0v) is 19.6. The summed E-state index contributed by atoms with van der Waals surface area (Å²) in [6, 6.07) is 21.5. The number of nitro groups is 1. The van der Waals surface area contributed by atoms with Crippen LogP contribution in [0.15, 0.2) is 82.9 Å². The second-order valence-corrected chi connectivity index (χ2v) is 8.72. The van der Waals surface area contributed by atoms with Gasteiger partial charge in [0.15, 0.2) is 11.3 Å². The molecule has 0 bridgehead atoms. The highest BCUT2D eigenvalue weighted by Crippen LogP contribution is 2.37. The highest BCUT2D eigenvalue weighted by molar-refractivity contribution is 8.13. The predicted octanol–water partition coefficient (Wildman–Crippen LogP) is 3.07. The number of fused-ring (bicyclic) bond motifs is 2. The fourth-order valence-corrected chi connectivity index (χ4v) is 4.77. The molecule has 0 aromatic heterocycles. The van der Waals surface area contributed by atoms with E-state index in [4.69, 9.17) is 14.8 Å². The van der Waals surface area contributed by atoms with Crippen LogP contribution in [0, 0.1) is 10.1 Å². The smallest absolute Gasteiger partial charge is 0.276 e. The van der Waals surface area contributed by atoms with Crippen LogP contribution < -0.4 is 20.6 Å². The topological polar surface area (TPSA) is 109 Å². The van der Waals surface area contributed by atoms with Crippen molar-refractivity contribution in [1.29, 1.82) is 0 Å². The summed E-state index contributed by atoms with van der Waals surface area (Å²) >= 11 is 1.39. The maximum Gasteiger partial charge on any atom is 0.276 e. The van der Waals surface area contributed by atoms with Crippen LogP contribution in [0.25, 0.3) is 5.70 Å². The summed E-state index contributed by atoms with van der Waals surface area (Å²) in [7, 11) is 0. The van der Waals surface area contributed by atoms with Crippen LogP contribution in [0.2, 0.25) is 0 Å². The van der Waals surface area contributed by atoms with E-state index in [1.54, 1.807) is 12.1 Å². The van der Waals surface area contributed by atoms with Gasteiger partial charge in [0.05, 0.1) is 16.9 Å². The first kappa shape index (κ1) is 22.6. The average Bonchev–Trinajstić information content (AvgIpc) is 2.88. The van der Waals surface area contributed by atoms with E-state index in [-0.39, 0.29) is 11.6 Å². The van der Waals surface area contributed by atoms with Crippen LogP contribution in [0.4, 0.5) is 5.69 Å². The monoisotopic (exact) mass is 487 g/mol. The Morgan fingerprint density at radius 3 is 2.66 bits per heavy atom. The molecule has 1 amide bonds. The number of benzene rings is 3. The number of amidine groups is 1. The Hall–Kier alpha value is -4.18. The van der Waals surface area contributed by atoms with Gasteiger partial charge in [-0.2, -0.15) is 0 Å². The minimum atomic E-state index is -0.820. The SMILES string of the molecule is CCOc1ccc([N+](=O)[O-])cc1[C@@H]1N=c2ccccc2=C2C(=O)NC(SCc3ccccc3)=NN21. The number of ether oxygens (including phenoxy) is 1. The number of carbonyl (C=O) groups is 1. The molecule has 176 valence electrons. The Kier molecular flexibility index (Phi) is 6.19. The zero-order chi connectivity index (χ0) is 24.4. The lowest BCUT2D eigenvalue weighted by Gasteiger charge is -2.34. The van der Waals surface area contributed by atoms with Crippen molar-refractivity contribution in [2.45, 2.75) is 18.8 Å². The van der Waals surface area contributed by atoms with Gasteiger partial charge in [-0.3, -0.25) is 25.2 Å². The number of amides is 1. The Labute approximate surface area is 205 Å². The van der Waals surface area contributed by atoms with Crippen LogP contribution in [0.3, 0.4) is 0 Å². The van der Waals surface area contributed by atoms with Gasteiger partial charge in [0.25, 0.3) is 11.6 Å². The lowest BCUT2D eigenvalue weighted by Crippen LogP contribution is -2.50. The molecule has 0 fully saturated rings. The number of rotatable bonds is 6. The largest absolute Gasteiger partial charge is 0.493 e. The Bertz CT molecular complexity index is 1460. The van der Waals surface area contributed by atoms with Crippen molar-refractivity contribution in [3.63, 3.8) is 0 Å². The highest BCUT2D eigenvalue weighted by atomic mass is 32.2. The van der Waals surface area contributed by atoms with E-state index >= 15 is 0 Å². The molecule has 0 spiro atoms. The molecular formula is C25H21N5O4S. The maximum absolute atomic E-state index is 13.3. The molecule has 10 heteroatoms. The summed E-state index contributed by atoms with van der Waals surface area (Å²) in [5, 5.41) is 22.3. The minimum absolute atomic E-state index is 0.0943. The summed E-state index contributed by atoms with van der Waals surface area (Å²) in [6.07, 6.45) is -0.820. The number of hydrogen-bond acceptors (Lipinski definition) is 8. The zero-order valence-electron chi connectivity index (χ0n) is 18.7. The Morgan fingerprint density at radius 2 is 1.89 bits per heavy atom. The number of nitrogens with zero attached hydrogens (tertiary/aromatic N) is 4. The van der Waals surface area contributed by atoms with Gasteiger partial charge < -0.3 is 4.74 Å². The van der Waals surface area contributed by atoms with Crippen molar-refractivity contribution in [1.82, 2.24) is 10.3 Å². The Balaban J connectivity index is 1.63. The summed E-state index contributed by atoms with van der Waals surface area (Å²) in [6.45, 7) is 2.20. The number of hydrogen-bond donors (Lipinski definition) is 1. The standard InChI is InChI=1S/C25H21N5O4S/c1-2-34-21-13-12-17(30(32)33)14-19(21)23-26-20-11-7-6-10-18(20)22-24(31)27-25(28-29(22)23)35-15-16-8-4-3-5-9-16/h3-14,23H,2,15H2,1H3,(H,27,28,31)/t23-/m1/s1. The van der Waals surface area contributed by atoms with Gasteiger partial charge in [-0.25, -0.2) is 5.01 Å². The number of nitrogens with one attached hydrogen (secondary N) is 1. The van der Waals surface area contributed by atoms with E-state index < -0.39 is 11.1 Å². The number of nitro benzene ring substituents is 1. The van der Waals surface area contributed by atoms with Crippen LogP contribution in [0.1, 0.15) is 24.2 Å². The summed E-state index contributed by atoms with van der Waals surface area (Å²) in [5.41, 5.74) is 1.78. The van der Waals surface area contributed by atoms with Crippen LogP contribution in [-0.4, -0.2) is 27.6 Å². The molecule has 0 saturated heterocycles. The third kappa shape index (κ3) is 4.47. The van der Waals surface area contributed by atoms with Crippen molar-refractivity contribution < 1.29 is 14.5 Å². The van der Waals surface area contributed by atoms with E-state index in [0.717, 1.165) is 5.56 Å².